The zero-order chi connectivity index (χ0) is 15.7. The van der Waals surface area contributed by atoms with E-state index in [0.717, 1.165) is 24.3 Å². The maximum atomic E-state index is 11.0. The highest BCUT2D eigenvalue weighted by Crippen LogP contribution is 2.21. The number of hydrogen-bond donors (Lipinski definition) is 1. The van der Waals surface area contributed by atoms with Crippen LogP contribution < -0.4 is 4.90 Å². The number of carboxylic acid groups (broad SMARTS) is 1. The summed E-state index contributed by atoms with van der Waals surface area (Å²) in [6.07, 6.45) is 0. The minimum Gasteiger partial charge on any atom is -0.478 e. The van der Waals surface area contributed by atoms with Gasteiger partial charge in [-0.3, -0.25) is 0 Å². The van der Waals surface area contributed by atoms with Gasteiger partial charge < -0.3 is 19.5 Å². The molecule has 118 valence electrons. The molecule has 21 heavy (non-hydrogen) atoms. The van der Waals surface area contributed by atoms with Crippen LogP contribution >= 0.6 is 0 Å². The first-order valence-corrected chi connectivity index (χ1v) is 7.34. The number of aryl methyl sites for hydroxylation is 1. The Hall–Kier alpha value is -1.59. The fraction of sp³-hybridized carbons (Fsp3) is 0.562. The van der Waals surface area contributed by atoms with Crippen molar-refractivity contribution in [3.63, 3.8) is 0 Å². The normalized spacial score (nSPS) is 10.6. The first kappa shape index (κ1) is 17.5. The number of ether oxygens (including phenoxy) is 2. The van der Waals surface area contributed by atoms with Crippen LogP contribution in [0.4, 0.5) is 5.69 Å². The van der Waals surface area contributed by atoms with Gasteiger partial charge in [0.1, 0.15) is 0 Å². The highest BCUT2D eigenvalue weighted by Gasteiger charge is 2.12. The lowest BCUT2D eigenvalue weighted by Gasteiger charge is -2.26. The second-order valence-electron chi connectivity index (χ2n) is 4.69. The van der Waals surface area contributed by atoms with Crippen molar-refractivity contribution >= 4 is 11.7 Å². The van der Waals surface area contributed by atoms with E-state index in [2.05, 4.69) is 4.90 Å². The average Bonchev–Trinajstić information content (AvgIpc) is 2.46. The summed E-state index contributed by atoms with van der Waals surface area (Å²) in [5, 5.41) is 9.03. The summed E-state index contributed by atoms with van der Waals surface area (Å²) >= 11 is 0. The topological polar surface area (TPSA) is 59.0 Å². The molecule has 0 radical (unpaired) electrons. The minimum atomic E-state index is -0.903. The van der Waals surface area contributed by atoms with Gasteiger partial charge in [0.2, 0.25) is 0 Å². The Bertz CT molecular complexity index is 438. The maximum absolute atomic E-state index is 11.0. The van der Waals surface area contributed by atoms with Crippen LogP contribution in [-0.4, -0.2) is 50.6 Å². The standard InChI is InChI=1S/C16H25NO4/c1-4-20-10-8-17(9-11-21-5-2)15-7-6-14(16(18)19)12-13(15)3/h6-7,12H,4-5,8-11H2,1-3H3,(H,18,19). The number of carboxylic acids is 1. The second kappa shape index (κ2) is 9.37. The average molecular weight is 295 g/mol. The molecular weight excluding hydrogens is 270 g/mol. The fourth-order valence-corrected chi connectivity index (χ4v) is 2.13. The molecule has 0 aromatic heterocycles. The molecule has 5 nitrogen and oxygen atoms in total. The van der Waals surface area contributed by atoms with Gasteiger partial charge in [-0.05, 0) is 44.5 Å². The van der Waals surface area contributed by atoms with E-state index in [9.17, 15) is 4.79 Å². The zero-order valence-corrected chi connectivity index (χ0v) is 13.1. The number of anilines is 1. The van der Waals surface area contributed by atoms with Gasteiger partial charge in [0.15, 0.2) is 0 Å². The van der Waals surface area contributed by atoms with E-state index in [1.807, 2.05) is 26.8 Å². The third-order valence-electron chi connectivity index (χ3n) is 3.20. The van der Waals surface area contributed by atoms with Crippen LogP contribution in [0, 0.1) is 6.92 Å². The second-order valence-corrected chi connectivity index (χ2v) is 4.69. The Balaban J connectivity index is 2.82. The highest BCUT2D eigenvalue weighted by atomic mass is 16.5. The molecule has 0 saturated heterocycles. The fourth-order valence-electron chi connectivity index (χ4n) is 2.13. The highest BCUT2D eigenvalue weighted by molar-refractivity contribution is 5.88. The molecule has 0 unspecified atom stereocenters. The first-order valence-electron chi connectivity index (χ1n) is 7.34. The largest absolute Gasteiger partial charge is 0.478 e. The Morgan fingerprint density at radius 3 is 2.14 bits per heavy atom. The molecule has 0 aliphatic rings. The van der Waals surface area contributed by atoms with Crippen LogP contribution in [0.25, 0.3) is 0 Å². The van der Waals surface area contributed by atoms with E-state index in [1.165, 1.54) is 0 Å². The molecule has 0 saturated carbocycles. The van der Waals surface area contributed by atoms with Gasteiger partial charge in [0.25, 0.3) is 0 Å². The number of hydrogen-bond acceptors (Lipinski definition) is 4. The monoisotopic (exact) mass is 295 g/mol. The van der Waals surface area contributed by atoms with Crippen LogP contribution in [0.15, 0.2) is 18.2 Å². The summed E-state index contributed by atoms with van der Waals surface area (Å²) in [6, 6.07) is 5.20. The number of nitrogens with zero attached hydrogens (tertiary/aromatic N) is 1. The summed E-state index contributed by atoms with van der Waals surface area (Å²) in [4.78, 5) is 13.2. The van der Waals surface area contributed by atoms with Gasteiger partial charge in [-0.1, -0.05) is 0 Å². The van der Waals surface area contributed by atoms with E-state index < -0.39 is 5.97 Å². The van der Waals surface area contributed by atoms with Crippen molar-refractivity contribution in [2.24, 2.45) is 0 Å². The number of benzene rings is 1. The SMILES string of the molecule is CCOCCN(CCOCC)c1ccc(C(=O)O)cc1C. The summed E-state index contributed by atoms with van der Waals surface area (Å²) in [6.45, 7) is 10.0. The lowest BCUT2D eigenvalue weighted by atomic mass is 10.1. The van der Waals surface area contributed by atoms with Gasteiger partial charge in [0, 0.05) is 32.0 Å². The van der Waals surface area contributed by atoms with Gasteiger partial charge >= 0.3 is 5.97 Å². The number of rotatable bonds is 10. The Kier molecular flexibility index (Phi) is 7.79. The van der Waals surface area contributed by atoms with Crippen LogP contribution in [0.1, 0.15) is 29.8 Å². The van der Waals surface area contributed by atoms with E-state index in [1.54, 1.807) is 12.1 Å². The molecule has 1 aromatic carbocycles. The predicted octanol–water partition coefficient (Wildman–Crippen LogP) is 2.57. The first-order chi connectivity index (χ1) is 10.1. The van der Waals surface area contributed by atoms with Crippen LogP contribution in [0.2, 0.25) is 0 Å². The molecule has 0 fully saturated rings. The molecule has 0 bridgehead atoms. The van der Waals surface area contributed by atoms with E-state index in [-0.39, 0.29) is 0 Å². The zero-order valence-electron chi connectivity index (χ0n) is 13.1. The van der Waals surface area contributed by atoms with Crippen molar-refractivity contribution < 1.29 is 19.4 Å². The van der Waals surface area contributed by atoms with E-state index in [0.29, 0.717) is 32.0 Å². The maximum Gasteiger partial charge on any atom is 0.335 e. The van der Waals surface area contributed by atoms with E-state index in [4.69, 9.17) is 14.6 Å². The Morgan fingerprint density at radius 1 is 1.14 bits per heavy atom. The lowest BCUT2D eigenvalue weighted by molar-refractivity contribution is 0.0696. The third kappa shape index (κ3) is 5.73. The minimum absolute atomic E-state index is 0.311. The van der Waals surface area contributed by atoms with Gasteiger partial charge in [0.05, 0.1) is 18.8 Å². The van der Waals surface area contributed by atoms with Crippen molar-refractivity contribution in [2.75, 3.05) is 44.4 Å². The molecular formula is C16H25NO4. The Morgan fingerprint density at radius 2 is 1.71 bits per heavy atom. The van der Waals surface area contributed by atoms with Crippen LogP contribution in [0.5, 0.6) is 0 Å². The number of carbonyl (C=O) groups is 1. The van der Waals surface area contributed by atoms with Crippen molar-refractivity contribution in [3.05, 3.63) is 29.3 Å². The predicted molar refractivity (Wildman–Crippen MR) is 83.3 cm³/mol. The molecule has 0 amide bonds. The molecule has 1 N–H and O–H groups in total. The molecule has 1 aromatic rings. The summed E-state index contributed by atoms with van der Waals surface area (Å²) in [7, 11) is 0. The molecule has 0 aliphatic heterocycles. The van der Waals surface area contributed by atoms with Crippen LogP contribution in [0.3, 0.4) is 0 Å². The quantitative estimate of drug-likeness (QED) is 0.672. The summed E-state index contributed by atoms with van der Waals surface area (Å²) < 4.78 is 10.8. The summed E-state index contributed by atoms with van der Waals surface area (Å²) in [5.74, 6) is -0.903. The van der Waals surface area contributed by atoms with Crippen LogP contribution in [-0.2, 0) is 9.47 Å². The Labute approximate surface area is 126 Å². The molecule has 0 atom stereocenters. The lowest BCUT2D eigenvalue weighted by Crippen LogP contribution is -2.31. The van der Waals surface area contributed by atoms with E-state index >= 15 is 0 Å². The van der Waals surface area contributed by atoms with Gasteiger partial charge in [-0.15, -0.1) is 0 Å². The summed E-state index contributed by atoms with van der Waals surface area (Å²) in [5.41, 5.74) is 2.29. The van der Waals surface area contributed by atoms with Crippen molar-refractivity contribution in [2.45, 2.75) is 20.8 Å². The van der Waals surface area contributed by atoms with Crippen molar-refractivity contribution in [3.8, 4) is 0 Å². The molecule has 1 rings (SSSR count). The smallest absolute Gasteiger partial charge is 0.335 e. The van der Waals surface area contributed by atoms with Gasteiger partial charge in [-0.25, -0.2) is 4.79 Å². The third-order valence-corrected chi connectivity index (χ3v) is 3.20. The van der Waals surface area contributed by atoms with Crippen molar-refractivity contribution in [1.82, 2.24) is 0 Å². The molecule has 0 spiro atoms. The van der Waals surface area contributed by atoms with Crippen molar-refractivity contribution in [1.29, 1.82) is 0 Å². The van der Waals surface area contributed by atoms with Gasteiger partial charge in [-0.2, -0.15) is 0 Å². The molecule has 5 heteroatoms. The number of aromatic carboxylic acids is 1. The molecule has 0 heterocycles. The molecule has 0 aliphatic carbocycles.